The van der Waals surface area contributed by atoms with Gasteiger partial charge in [0.05, 0.1) is 11.9 Å². The van der Waals surface area contributed by atoms with Crippen LogP contribution in [0.2, 0.25) is 0 Å². The van der Waals surface area contributed by atoms with Crippen LogP contribution in [0, 0.1) is 0 Å². The molecule has 0 saturated carbocycles. The number of carbonyl (C=O) groups excluding carboxylic acids is 1. The molecule has 1 aromatic heterocycles. The van der Waals surface area contributed by atoms with Gasteiger partial charge in [-0.25, -0.2) is 0 Å². The second kappa shape index (κ2) is 2.34. The van der Waals surface area contributed by atoms with Gasteiger partial charge in [0, 0.05) is 12.6 Å². The topological polar surface area (TPSA) is 42.0 Å². The number of amides is 1. The highest BCUT2D eigenvalue weighted by Gasteiger charge is 2.13. The summed E-state index contributed by atoms with van der Waals surface area (Å²) in [5.74, 6) is 0.0884. The molecule has 0 radical (unpaired) electrons. The van der Waals surface area contributed by atoms with Gasteiger partial charge in [-0.15, -0.1) is 0 Å². The van der Waals surface area contributed by atoms with E-state index in [0.717, 1.165) is 12.1 Å². The summed E-state index contributed by atoms with van der Waals surface area (Å²) in [6.45, 7) is 0. The molecule has 3 heteroatoms. The van der Waals surface area contributed by atoms with E-state index in [1.165, 1.54) is 5.56 Å². The van der Waals surface area contributed by atoms with Crippen LogP contribution in [0.4, 0.5) is 5.69 Å². The smallest absolute Gasteiger partial charge is 0.224 e. The summed E-state index contributed by atoms with van der Waals surface area (Å²) >= 11 is 0. The maximum atomic E-state index is 10.9. The minimum Gasteiger partial charge on any atom is -0.324 e. The fourth-order valence-corrected chi connectivity index (χ4v) is 1.21. The summed E-state index contributed by atoms with van der Waals surface area (Å²) in [6.07, 6.45) is 4.86. The number of pyridine rings is 1. The van der Waals surface area contributed by atoms with Gasteiger partial charge in [-0.3, -0.25) is 9.78 Å². The van der Waals surface area contributed by atoms with Crippen LogP contribution in [0.3, 0.4) is 0 Å². The number of nitrogens with one attached hydrogen (secondary N) is 1. The van der Waals surface area contributed by atoms with Gasteiger partial charge in [0.15, 0.2) is 0 Å². The molecule has 56 valence electrons. The van der Waals surface area contributed by atoms with E-state index >= 15 is 0 Å². The lowest BCUT2D eigenvalue weighted by molar-refractivity contribution is -0.116. The van der Waals surface area contributed by atoms with Gasteiger partial charge in [0.2, 0.25) is 5.91 Å². The third-order valence-electron chi connectivity index (χ3n) is 1.81. The Morgan fingerprint density at radius 1 is 1.45 bits per heavy atom. The molecule has 3 nitrogen and oxygen atoms in total. The number of nitrogens with zero attached hydrogens (tertiary/aromatic N) is 1. The number of hydrogen-bond acceptors (Lipinski definition) is 2. The Morgan fingerprint density at radius 3 is 3.27 bits per heavy atom. The van der Waals surface area contributed by atoms with Gasteiger partial charge in [-0.1, -0.05) is 0 Å². The zero-order valence-electron chi connectivity index (χ0n) is 6.00. The van der Waals surface area contributed by atoms with Crippen molar-refractivity contribution in [3.05, 3.63) is 24.0 Å². The van der Waals surface area contributed by atoms with Crippen LogP contribution in [0.15, 0.2) is 18.5 Å². The third-order valence-corrected chi connectivity index (χ3v) is 1.81. The Morgan fingerprint density at radius 2 is 2.36 bits per heavy atom. The van der Waals surface area contributed by atoms with Crippen LogP contribution in [-0.2, 0) is 11.2 Å². The third kappa shape index (κ3) is 1.09. The van der Waals surface area contributed by atoms with Crippen molar-refractivity contribution in [3.63, 3.8) is 0 Å². The van der Waals surface area contributed by atoms with E-state index in [9.17, 15) is 4.79 Å². The van der Waals surface area contributed by atoms with E-state index in [0.29, 0.717) is 6.42 Å². The normalized spacial score (nSPS) is 15.5. The number of anilines is 1. The lowest BCUT2D eigenvalue weighted by Crippen LogP contribution is -2.18. The first-order chi connectivity index (χ1) is 5.36. The fraction of sp³-hybridized carbons (Fsp3) is 0.250. The van der Waals surface area contributed by atoms with E-state index in [2.05, 4.69) is 10.3 Å². The van der Waals surface area contributed by atoms with E-state index in [1.54, 1.807) is 12.4 Å². The number of fused-ring (bicyclic) bond motifs is 1. The molecule has 11 heavy (non-hydrogen) atoms. The van der Waals surface area contributed by atoms with Crippen molar-refractivity contribution in [1.29, 1.82) is 0 Å². The monoisotopic (exact) mass is 148 g/mol. The van der Waals surface area contributed by atoms with Crippen molar-refractivity contribution in [2.24, 2.45) is 0 Å². The molecule has 0 aromatic carbocycles. The molecule has 0 atom stereocenters. The Balaban J connectivity index is 2.41. The van der Waals surface area contributed by atoms with Gasteiger partial charge in [0.25, 0.3) is 0 Å². The molecular formula is C8H8N2O. The Hall–Kier alpha value is -1.38. The van der Waals surface area contributed by atoms with Crippen molar-refractivity contribution >= 4 is 11.6 Å². The maximum absolute atomic E-state index is 10.9. The predicted molar refractivity (Wildman–Crippen MR) is 41.2 cm³/mol. The molecule has 0 unspecified atom stereocenters. The van der Waals surface area contributed by atoms with Crippen molar-refractivity contribution in [2.75, 3.05) is 5.32 Å². The molecular weight excluding hydrogens is 140 g/mol. The predicted octanol–water partition coefficient (Wildman–Crippen LogP) is 0.966. The minimum atomic E-state index is 0.0884. The Labute approximate surface area is 64.5 Å². The van der Waals surface area contributed by atoms with Crippen LogP contribution in [-0.4, -0.2) is 10.9 Å². The van der Waals surface area contributed by atoms with E-state index in [-0.39, 0.29) is 5.91 Å². The molecule has 0 spiro atoms. The molecule has 1 amide bonds. The number of aromatic nitrogens is 1. The Bertz CT molecular complexity index is 296. The van der Waals surface area contributed by atoms with Crippen LogP contribution in [0.5, 0.6) is 0 Å². The zero-order valence-corrected chi connectivity index (χ0v) is 6.00. The fourth-order valence-electron chi connectivity index (χ4n) is 1.21. The van der Waals surface area contributed by atoms with Gasteiger partial charge in [-0.2, -0.15) is 0 Å². The van der Waals surface area contributed by atoms with E-state index < -0.39 is 0 Å². The second-order valence-corrected chi connectivity index (χ2v) is 2.58. The summed E-state index contributed by atoms with van der Waals surface area (Å²) in [4.78, 5) is 14.8. The second-order valence-electron chi connectivity index (χ2n) is 2.58. The Kier molecular flexibility index (Phi) is 1.35. The highest BCUT2D eigenvalue weighted by molar-refractivity contribution is 5.93. The first kappa shape index (κ1) is 6.34. The van der Waals surface area contributed by atoms with Crippen molar-refractivity contribution in [1.82, 2.24) is 4.98 Å². The van der Waals surface area contributed by atoms with Crippen molar-refractivity contribution in [3.8, 4) is 0 Å². The summed E-state index contributed by atoms with van der Waals surface area (Å²) in [6, 6.07) is 1.94. The zero-order chi connectivity index (χ0) is 7.68. The van der Waals surface area contributed by atoms with Gasteiger partial charge >= 0.3 is 0 Å². The van der Waals surface area contributed by atoms with Crippen LogP contribution in [0.1, 0.15) is 12.0 Å². The standard InChI is InChI=1S/C8H8N2O/c11-8-2-1-6-3-4-9-5-7(6)10-8/h3-5H,1-2H2,(H,10,11). The summed E-state index contributed by atoms with van der Waals surface area (Å²) in [7, 11) is 0. The van der Waals surface area contributed by atoms with Gasteiger partial charge < -0.3 is 5.32 Å². The van der Waals surface area contributed by atoms with Gasteiger partial charge in [-0.05, 0) is 18.1 Å². The number of carbonyl (C=O) groups is 1. The molecule has 0 aliphatic carbocycles. The number of hydrogen-bond donors (Lipinski definition) is 1. The molecule has 0 saturated heterocycles. The SMILES string of the molecule is O=C1CCc2ccncc2N1. The first-order valence-corrected chi connectivity index (χ1v) is 3.59. The lowest BCUT2D eigenvalue weighted by Gasteiger charge is -2.14. The summed E-state index contributed by atoms with van der Waals surface area (Å²) in [5.41, 5.74) is 2.04. The number of aryl methyl sites for hydroxylation is 1. The largest absolute Gasteiger partial charge is 0.324 e. The van der Waals surface area contributed by atoms with Gasteiger partial charge in [0.1, 0.15) is 0 Å². The number of rotatable bonds is 0. The summed E-state index contributed by atoms with van der Waals surface area (Å²) in [5, 5.41) is 2.76. The minimum absolute atomic E-state index is 0.0884. The van der Waals surface area contributed by atoms with E-state index in [4.69, 9.17) is 0 Å². The van der Waals surface area contributed by atoms with Crippen LogP contribution < -0.4 is 5.32 Å². The first-order valence-electron chi connectivity index (χ1n) is 3.59. The molecule has 1 N–H and O–H groups in total. The molecule has 1 aromatic rings. The molecule has 1 aliphatic heterocycles. The quantitative estimate of drug-likeness (QED) is 0.595. The lowest BCUT2D eigenvalue weighted by atomic mass is 10.1. The van der Waals surface area contributed by atoms with Crippen molar-refractivity contribution in [2.45, 2.75) is 12.8 Å². The highest BCUT2D eigenvalue weighted by atomic mass is 16.1. The van der Waals surface area contributed by atoms with Crippen LogP contribution in [0.25, 0.3) is 0 Å². The average molecular weight is 148 g/mol. The molecule has 1 aliphatic rings. The van der Waals surface area contributed by atoms with E-state index in [1.807, 2.05) is 6.07 Å². The van der Waals surface area contributed by atoms with Crippen molar-refractivity contribution < 1.29 is 4.79 Å². The average Bonchev–Trinajstić information content (AvgIpc) is 2.04. The molecule has 0 fully saturated rings. The molecule has 0 bridgehead atoms. The highest BCUT2D eigenvalue weighted by Crippen LogP contribution is 2.19. The molecule has 2 heterocycles. The van der Waals surface area contributed by atoms with Crippen LogP contribution >= 0.6 is 0 Å². The molecule has 2 rings (SSSR count). The summed E-state index contributed by atoms with van der Waals surface area (Å²) < 4.78 is 0. The maximum Gasteiger partial charge on any atom is 0.224 e.